The van der Waals surface area contributed by atoms with E-state index in [0.29, 0.717) is 26.3 Å². The fraction of sp³-hybridized carbons (Fsp3) is 0.581. The van der Waals surface area contributed by atoms with Gasteiger partial charge in [-0.2, -0.15) is 13.2 Å². The number of hydrogen-bond acceptors (Lipinski definition) is 7. The summed E-state index contributed by atoms with van der Waals surface area (Å²) >= 11 is 0. The van der Waals surface area contributed by atoms with Crippen LogP contribution in [0, 0.1) is 11.6 Å². The number of ether oxygens (including phenoxy) is 5. The molecule has 1 amide bonds. The fourth-order valence-electron chi connectivity index (χ4n) is 5.94. The van der Waals surface area contributed by atoms with Crippen LogP contribution in [0.3, 0.4) is 0 Å². The number of alkyl halides is 3. The van der Waals surface area contributed by atoms with Gasteiger partial charge in [-0.15, -0.1) is 0 Å². The van der Waals surface area contributed by atoms with Gasteiger partial charge in [-0.25, -0.2) is 8.78 Å². The standard InChI is InChI=1S/C31H37F5N2O6/c1-29(2)43-25-17-30(28(39)37-9-10-38-11-13-40-14-12-38,42-18-20-5-3-7-22(15-20)31(34,35)36)16-24(27(25)44-29)41-19-21-6-4-8-23(32)26(21)33/h3-8,15,24-25,27H,9-14,16-19H2,1-2H3,(H,37,39)/t24?,25-,27+,30-/m1/s1. The Balaban J connectivity index is 1.39. The molecule has 8 nitrogen and oxygen atoms in total. The second kappa shape index (κ2) is 13.4. The van der Waals surface area contributed by atoms with E-state index in [1.807, 2.05) is 0 Å². The Morgan fingerprint density at radius 3 is 2.55 bits per heavy atom. The Morgan fingerprint density at radius 1 is 1.05 bits per heavy atom. The molecule has 3 fully saturated rings. The molecule has 1 aliphatic carbocycles. The van der Waals surface area contributed by atoms with Crippen molar-refractivity contribution in [3.05, 3.63) is 70.8 Å². The molecule has 0 spiro atoms. The van der Waals surface area contributed by atoms with E-state index in [4.69, 9.17) is 23.7 Å². The van der Waals surface area contributed by atoms with Crippen LogP contribution < -0.4 is 5.32 Å². The minimum atomic E-state index is -4.55. The first-order valence-electron chi connectivity index (χ1n) is 14.6. The van der Waals surface area contributed by atoms with Crippen molar-refractivity contribution in [1.82, 2.24) is 10.2 Å². The van der Waals surface area contributed by atoms with Crippen molar-refractivity contribution >= 4 is 5.91 Å². The highest BCUT2D eigenvalue weighted by Gasteiger charge is 2.58. The summed E-state index contributed by atoms with van der Waals surface area (Å²) in [6.07, 6.45) is -6.77. The van der Waals surface area contributed by atoms with E-state index in [-0.39, 0.29) is 37.2 Å². The molecule has 1 unspecified atom stereocenters. The summed E-state index contributed by atoms with van der Waals surface area (Å²) in [7, 11) is 0. The van der Waals surface area contributed by atoms with Gasteiger partial charge in [0.15, 0.2) is 23.0 Å². The normalized spacial score (nSPS) is 27.2. The van der Waals surface area contributed by atoms with E-state index < -0.39 is 59.0 Å². The summed E-state index contributed by atoms with van der Waals surface area (Å²) in [6, 6.07) is 8.47. The van der Waals surface area contributed by atoms with Gasteiger partial charge in [0.25, 0.3) is 5.91 Å². The largest absolute Gasteiger partial charge is 0.416 e. The molecule has 4 atom stereocenters. The van der Waals surface area contributed by atoms with E-state index in [2.05, 4.69) is 10.2 Å². The number of fused-ring (bicyclic) bond motifs is 1. The summed E-state index contributed by atoms with van der Waals surface area (Å²) in [4.78, 5) is 16.1. The molecular formula is C31H37F5N2O6. The van der Waals surface area contributed by atoms with Gasteiger partial charge in [0, 0.05) is 44.6 Å². The van der Waals surface area contributed by atoms with Crippen molar-refractivity contribution in [1.29, 1.82) is 0 Å². The molecule has 2 heterocycles. The van der Waals surface area contributed by atoms with Gasteiger partial charge in [0.05, 0.1) is 44.2 Å². The third-order valence-electron chi connectivity index (χ3n) is 8.13. The minimum Gasteiger partial charge on any atom is -0.379 e. The van der Waals surface area contributed by atoms with Gasteiger partial charge < -0.3 is 29.0 Å². The topological polar surface area (TPSA) is 78.5 Å². The number of rotatable bonds is 10. The van der Waals surface area contributed by atoms with Crippen molar-refractivity contribution in [3.63, 3.8) is 0 Å². The predicted octanol–water partition coefficient (Wildman–Crippen LogP) is 4.59. The molecule has 1 saturated carbocycles. The quantitative estimate of drug-likeness (QED) is 0.386. The molecule has 0 radical (unpaired) electrons. The van der Waals surface area contributed by atoms with Crippen LogP contribution in [0.4, 0.5) is 22.0 Å². The van der Waals surface area contributed by atoms with Crippen LogP contribution in [0.15, 0.2) is 42.5 Å². The summed E-state index contributed by atoms with van der Waals surface area (Å²) in [5.41, 5.74) is -2.21. The maximum atomic E-state index is 14.5. The fourth-order valence-corrected chi connectivity index (χ4v) is 5.94. The lowest BCUT2D eigenvalue weighted by Gasteiger charge is -2.43. The van der Waals surface area contributed by atoms with Crippen LogP contribution >= 0.6 is 0 Å². The molecule has 44 heavy (non-hydrogen) atoms. The molecule has 2 aliphatic heterocycles. The van der Waals surface area contributed by atoms with Gasteiger partial charge >= 0.3 is 6.18 Å². The van der Waals surface area contributed by atoms with Crippen LogP contribution in [-0.2, 0) is 47.9 Å². The van der Waals surface area contributed by atoms with Crippen LogP contribution in [0.1, 0.15) is 43.4 Å². The molecule has 0 bridgehead atoms. The Bertz CT molecular complexity index is 1300. The van der Waals surface area contributed by atoms with Crippen molar-refractivity contribution in [2.24, 2.45) is 0 Å². The van der Waals surface area contributed by atoms with E-state index >= 15 is 0 Å². The van der Waals surface area contributed by atoms with Crippen LogP contribution in [0.5, 0.6) is 0 Å². The maximum absolute atomic E-state index is 14.5. The van der Waals surface area contributed by atoms with Gasteiger partial charge in [-0.05, 0) is 37.6 Å². The summed E-state index contributed by atoms with van der Waals surface area (Å²) in [5, 5.41) is 2.94. The highest BCUT2D eigenvalue weighted by molar-refractivity contribution is 5.85. The first kappa shape index (κ1) is 32.7. The maximum Gasteiger partial charge on any atom is 0.416 e. The highest BCUT2D eigenvalue weighted by Crippen LogP contribution is 2.44. The van der Waals surface area contributed by atoms with Crippen molar-refractivity contribution in [3.8, 4) is 0 Å². The monoisotopic (exact) mass is 628 g/mol. The van der Waals surface area contributed by atoms with Crippen LogP contribution in [0.2, 0.25) is 0 Å². The van der Waals surface area contributed by atoms with Crippen molar-refractivity contribution in [2.45, 2.75) is 75.8 Å². The zero-order valence-corrected chi connectivity index (χ0v) is 24.6. The number of nitrogens with one attached hydrogen (secondary N) is 1. The smallest absolute Gasteiger partial charge is 0.379 e. The summed E-state index contributed by atoms with van der Waals surface area (Å²) in [5.74, 6) is -3.58. The number of carbonyl (C=O) groups excluding carboxylic acids is 1. The SMILES string of the molecule is CC1(C)O[C@@H]2C[C@@](OCc3cccc(C(F)(F)F)c3)(C(=O)NCCN3CCOCC3)CC(OCc3cccc(F)c3F)[C@@H]2O1. The van der Waals surface area contributed by atoms with Gasteiger partial charge in [-0.1, -0.05) is 24.3 Å². The molecule has 2 aromatic rings. The van der Waals surface area contributed by atoms with Crippen LogP contribution in [-0.4, -0.2) is 79.9 Å². The minimum absolute atomic E-state index is 0.0178. The molecule has 5 rings (SSSR count). The Labute approximate surface area is 252 Å². The van der Waals surface area contributed by atoms with Gasteiger partial charge in [0.2, 0.25) is 0 Å². The molecule has 1 N–H and O–H groups in total. The van der Waals surface area contributed by atoms with E-state index in [9.17, 15) is 26.7 Å². The summed E-state index contributed by atoms with van der Waals surface area (Å²) < 4.78 is 98.5. The number of halogens is 5. The average molecular weight is 629 g/mol. The first-order valence-corrected chi connectivity index (χ1v) is 14.6. The first-order chi connectivity index (χ1) is 20.9. The van der Waals surface area contributed by atoms with E-state index in [1.54, 1.807) is 13.8 Å². The van der Waals surface area contributed by atoms with Gasteiger partial charge in [0.1, 0.15) is 6.10 Å². The molecule has 2 aromatic carbocycles. The highest BCUT2D eigenvalue weighted by atomic mass is 19.4. The summed E-state index contributed by atoms with van der Waals surface area (Å²) in [6.45, 7) is 6.31. The third-order valence-corrected chi connectivity index (χ3v) is 8.13. The number of nitrogens with zero attached hydrogens (tertiary/aromatic N) is 1. The molecule has 13 heteroatoms. The molecule has 3 aliphatic rings. The van der Waals surface area contributed by atoms with Crippen molar-refractivity contribution in [2.75, 3.05) is 39.4 Å². The second-order valence-corrected chi connectivity index (χ2v) is 11.8. The molecule has 0 aromatic heterocycles. The number of carbonyl (C=O) groups is 1. The van der Waals surface area contributed by atoms with Crippen LogP contribution in [0.25, 0.3) is 0 Å². The number of amides is 1. The molecule has 242 valence electrons. The number of morpholine rings is 1. The zero-order valence-electron chi connectivity index (χ0n) is 24.6. The van der Waals surface area contributed by atoms with Gasteiger partial charge in [-0.3, -0.25) is 9.69 Å². The number of benzene rings is 2. The second-order valence-electron chi connectivity index (χ2n) is 11.8. The Hall–Kier alpha value is -2.68. The van der Waals surface area contributed by atoms with E-state index in [0.717, 1.165) is 31.3 Å². The Kier molecular flexibility index (Phi) is 9.93. The lowest BCUT2D eigenvalue weighted by molar-refractivity contribution is -0.183. The predicted molar refractivity (Wildman–Crippen MR) is 147 cm³/mol. The lowest BCUT2D eigenvalue weighted by atomic mass is 9.78. The number of hydrogen-bond donors (Lipinski definition) is 1. The van der Waals surface area contributed by atoms with E-state index in [1.165, 1.54) is 24.3 Å². The average Bonchev–Trinajstić information content (AvgIpc) is 3.30. The lowest BCUT2D eigenvalue weighted by Crippen LogP contribution is -2.60. The Morgan fingerprint density at radius 2 is 1.80 bits per heavy atom. The van der Waals surface area contributed by atoms with Crippen molar-refractivity contribution < 1.29 is 50.4 Å². The molecule has 2 saturated heterocycles. The zero-order chi connectivity index (χ0) is 31.5. The molecular weight excluding hydrogens is 591 g/mol. The third kappa shape index (κ3) is 7.75.